The van der Waals surface area contributed by atoms with E-state index in [1.54, 1.807) is 0 Å². The molecule has 0 aromatic heterocycles. The van der Waals surface area contributed by atoms with Gasteiger partial charge in [-0.15, -0.1) is 0 Å². The Morgan fingerprint density at radius 1 is 0.941 bits per heavy atom. The van der Waals surface area contributed by atoms with E-state index in [1.807, 2.05) is 0 Å². The summed E-state index contributed by atoms with van der Waals surface area (Å²) in [5.41, 5.74) is 0.599. The van der Waals surface area contributed by atoms with Gasteiger partial charge in [-0.25, -0.2) is 0 Å². The zero-order chi connectivity index (χ0) is 12.3. The molecule has 0 atom stereocenters. The molecule has 0 bridgehead atoms. The van der Waals surface area contributed by atoms with E-state index >= 15 is 0 Å². The van der Waals surface area contributed by atoms with E-state index in [4.69, 9.17) is 0 Å². The number of hydrogen-bond donors (Lipinski definition) is 0. The fourth-order valence-electron chi connectivity index (χ4n) is 3.19. The molecule has 0 radical (unpaired) electrons. The molecule has 2 aliphatic heterocycles. The second kappa shape index (κ2) is 5.71. The van der Waals surface area contributed by atoms with Crippen molar-refractivity contribution in [3.8, 4) is 0 Å². The third-order valence-corrected chi connectivity index (χ3v) is 4.88. The lowest BCUT2D eigenvalue weighted by molar-refractivity contribution is 0.0946. The van der Waals surface area contributed by atoms with E-state index in [0.717, 1.165) is 5.92 Å². The van der Waals surface area contributed by atoms with Crippen molar-refractivity contribution in [2.24, 2.45) is 11.3 Å². The highest BCUT2D eigenvalue weighted by atomic mass is 15.1. The average Bonchev–Trinajstić information content (AvgIpc) is 2.33. The number of likely N-dealkylation sites (tertiary alicyclic amines) is 2. The standard InChI is InChI=1S/C15H30N2/c1-4-16-9-5-14(6-10-16)13-17-11-7-15(2,3)8-12-17/h14H,4-13H2,1-3H3. The van der Waals surface area contributed by atoms with Crippen LogP contribution in [0.5, 0.6) is 0 Å². The van der Waals surface area contributed by atoms with Gasteiger partial charge in [0.25, 0.3) is 0 Å². The van der Waals surface area contributed by atoms with Gasteiger partial charge in [0.1, 0.15) is 0 Å². The van der Waals surface area contributed by atoms with Crippen LogP contribution in [0.25, 0.3) is 0 Å². The van der Waals surface area contributed by atoms with Crippen LogP contribution in [0.1, 0.15) is 46.5 Å². The van der Waals surface area contributed by atoms with E-state index in [0.29, 0.717) is 5.41 Å². The van der Waals surface area contributed by atoms with Gasteiger partial charge in [-0.2, -0.15) is 0 Å². The molecule has 0 aliphatic carbocycles. The highest BCUT2D eigenvalue weighted by molar-refractivity contribution is 4.81. The van der Waals surface area contributed by atoms with Gasteiger partial charge in [-0.05, 0) is 69.7 Å². The molecule has 0 aromatic carbocycles. The van der Waals surface area contributed by atoms with E-state index in [1.165, 1.54) is 65.0 Å². The van der Waals surface area contributed by atoms with E-state index in [2.05, 4.69) is 30.6 Å². The topological polar surface area (TPSA) is 6.48 Å². The minimum atomic E-state index is 0.599. The highest BCUT2D eigenvalue weighted by Crippen LogP contribution is 2.30. The van der Waals surface area contributed by atoms with Gasteiger partial charge in [0.05, 0.1) is 0 Å². The van der Waals surface area contributed by atoms with Crippen molar-refractivity contribution in [1.29, 1.82) is 0 Å². The van der Waals surface area contributed by atoms with Gasteiger partial charge in [-0.1, -0.05) is 20.8 Å². The molecule has 2 heteroatoms. The fourth-order valence-corrected chi connectivity index (χ4v) is 3.19. The molecule has 100 valence electrons. The maximum atomic E-state index is 2.72. The third kappa shape index (κ3) is 3.96. The first-order valence-corrected chi connectivity index (χ1v) is 7.54. The lowest BCUT2D eigenvalue weighted by Gasteiger charge is -2.40. The number of rotatable bonds is 3. The maximum Gasteiger partial charge on any atom is 0.00106 e. The molecule has 0 amide bonds. The van der Waals surface area contributed by atoms with Crippen molar-refractivity contribution < 1.29 is 0 Å². The van der Waals surface area contributed by atoms with Crippen LogP contribution in [0.4, 0.5) is 0 Å². The van der Waals surface area contributed by atoms with Gasteiger partial charge < -0.3 is 9.80 Å². The summed E-state index contributed by atoms with van der Waals surface area (Å²) in [4.78, 5) is 5.31. The Bertz CT molecular complexity index is 219. The van der Waals surface area contributed by atoms with Crippen LogP contribution in [0.15, 0.2) is 0 Å². The van der Waals surface area contributed by atoms with Crippen molar-refractivity contribution in [1.82, 2.24) is 9.80 Å². The smallest absolute Gasteiger partial charge is 0.00106 e. The number of nitrogens with zero attached hydrogens (tertiary/aromatic N) is 2. The Morgan fingerprint density at radius 3 is 2.06 bits per heavy atom. The number of piperidine rings is 2. The van der Waals surface area contributed by atoms with Crippen molar-refractivity contribution in [2.45, 2.75) is 46.5 Å². The van der Waals surface area contributed by atoms with Crippen LogP contribution in [-0.2, 0) is 0 Å². The van der Waals surface area contributed by atoms with Crippen LogP contribution >= 0.6 is 0 Å². The van der Waals surface area contributed by atoms with Crippen LogP contribution in [-0.4, -0.2) is 49.1 Å². The Labute approximate surface area is 107 Å². The molecule has 2 nitrogen and oxygen atoms in total. The molecule has 2 saturated heterocycles. The molecule has 0 aromatic rings. The SMILES string of the molecule is CCN1CCC(CN2CCC(C)(C)CC2)CC1. The minimum absolute atomic E-state index is 0.599. The Morgan fingerprint density at radius 2 is 1.53 bits per heavy atom. The summed E-state index contributed by atoms with van der Waals surface area (Å²) in [6.45, 7) is 15.1. The van der Waals surface area contributed by atoms with E-state index < -0.39 is 0 Å². The van der Waals surface area contributed by atoms with Crippen molar-refractivity contribution in [3.63, 3.8) is 0 Å². The third-order valence-electron chi connectivity index (χ3n) is 4.88. The van der Waals surface area contributed by atoms with Gasteiger partial charge in [0.2, 0.25) is 0 Å². The summed E-state index contributed by atoms with van der Waals surface area (Å²) in [6.07, 6.45) is 5.63. The summed E-state index contributed by atoms with van der Waals surface area (Å²) in [5.74, 6) is 0.971. The maximum absolute atomic E-state index is 2.72. The second-order valence-electron chi connectivity index (χ2n) is 6.84. The molecule has 0 unspecified atom stereocenters. The summed E-state index contributed by atoms with van der Waals surface area (Å²) >= 11 is 0. The minimum Gasteiger partial charge on any atom is -0.304 e. The second-order valence-corrected chi connectivity index (χ2v) is 6.84. The molecule has 0 spiro atoms. The summed E-state index contributed by atoms with van der Waals surface area (Å²) in [5, 5.41) is 0. The molecule has 2 aliphatic rings. The van der Waals surface area contributed by atoms with Crippen LogP contribution in [0, 0.1) is 11.3 Å². The Kier molecular flexibility index (Phi) is 4.48. The number of hydrogen-bond acceptors (Lipinski definition) is 2. The van der Waals surface area contributed by atoms with Crippen molar-refractivity contribution in [3.05, 3.63) is 0 Å². The normalized spacial score (nSPS) is 28.4. The van der Waals surface area contributed by atoms with Crippen LogP contribution in [0.3, 0.4) is 0 Å². The zero-order valence-electron chi connectivity index (χ0n) is 12.0. The first-order valence-electron chi connectivity index (χ1n) is 7.54. The quantitative estimate of drug-likeness (QED) is 0.746. The van der Waals surface area contributed by atoms with E-state index in [9.17, 15) is 0 Å². The largest absolute Gasteiger partial charge is 0.304 e. The van der Waals surface area contributed by atoms with E-state index in [-0.39, 0.29) is 0 Å². The molecular weight excluding hydrogens is 208 g/mol. The summed E-state index contributed by atoms with van der Waals surface area (Å²) in [7, 11) is 0. The molecule has 0 saturated carbocycles. The monoisotopic (exact) mass is 238 g/mol. The predicted molar refractivity (Wildman–Crippen MR) is 74.3 cm³/mol. The van der Waals surface area contributed by atoms with Crippen LogP contribution in [0.2, 0.25) is 0 Å². The average molecular weight is 238 g/mol. The van der Waals surface area contributed by atoms with Crippen molar-refractivity contribution >= 4 is 0 Å². The first kappa shape index (κ1) is 13.4. The predicted octanol–water partition coefficient (Wildman–Crippen LogP) is 2.84. The van der Waals surface area contributed by atoms with Gasteiger partial charge in [0, 0.05) is 6.54 Å². The Hall–Kier alpha value is -0.0800. The summed E-state index contributed by atoms with van der Waals surface area (Å²) in [6, 6.07) is 0. The molecule has 2 fully saturated rings. The Balaban J connectivity index is 1.69. The lowest BCUT2D eigenvalue weighted by Crippen LogP contribution is -2.42. The van der Waals surface area contributed by atoms with Crippen LogP contribution < -0.4 is 0 Å². The van der Waals surface area contributed by atoms with Gasteiger partial charge in [0.15, 0.2) is 0 Å². The van der Waals surface area contributed by atoms with Gasteiger partial charge >= 0.3 is 0 Å². The molecule has 2 heterocycles. The zero-order valence-corrected chi connectivity index (χ0v) is 12.0. The summed E-state index contributed by atoms with van der Waals surface area (Å²) < 4.78 is 0. The first-order chi connectivity index (χ1) is 8.09. The fraction of sp³-hybridized carbons (Fsp3) is 1.00. The molecule has 0 N–H and O–H groups in total. The molecule has 17 heavy (non-hydrogen) atoms. The van der Waals surface area contributed by atoms with Crippen molar-refractivity contribution in [2.75, 3.05) is 39.3 Å². The molecular formula is C15H30N2. The lowest BCUT2D eigenvalue weighted by atomic mass is 9.82. The molecule has 2 rings (SSSR count). The van der Waals surface area contributed by atoms with Gasteiger partial charge in [-0.3, -0.25) is 0 Å². The highest BCUT2D eigenvalue weighted by Gasteiger charge is 2.27.